The van der Waals surface area contributed by atoms with E-state index in [2.05, 4.69) is 10.1 Å². The summed E-state index contributed by atoms with van der Waals surface area (Å²) in [5.41, 5.74) is 1.30. The average Bonchev–Trinajstić information content (AvgIpc) is 2.27. The third-order valence-corrected chi connectivity index (χ3v) is 2.06. The fourth-order valence-electron chi connectivity index (χ4n) is 1.38. The van der Waals surface area contributed by atoms with Gasteiger partial charge in [0.15, 0.2) is 0 Å². The Labute approximate surface area is 95.6 Å². The molecule has 1 aromatic rings. The molecule has 88 valence electrons. The summed E-state index contributed by atoms with van der Waals surface area (Å²) in [6.45, 7) is 4.04. The molecule has 4 heteroatoms. The van der Waals surface area contributed by atoms with Crippen molar-refractivity contribution in [2.24, 2.45) is 0 Å². The number of anilines is 1. The van der Waals surface area contributed by atoms with Gasteiger partial charge < -0.3 is 14.8 Å². The molecule has 0 aliphatic rings. The Morgan fingerprint density at radius 3 is 2.50 bits per heavy atom. The molecule has 0 radical (unpaired) electrons. The molecule has 0 saturated carbocycles. The largest absolute Gasteiger partial charge is 0.495 e. The Hall–Kier alpha value is -1.71. The van der Waals surface area contributed by atoms with Gasteiger partial charge in [-0.25, -0.2) is 4.79 Å². The topological polar surface area (TPSA) is 47.6 Å². The van der Waals surface area contributed by atoms with Crippen LogP contribution in [0.2, 0.25) is 0 Å². The second-order valence-corrected chi connectivity index (χ2v) is 3.71. The quantitative estimate of drug-likeness (QED) is 0.796. The van der Waals surface area contributed by atoms with E-state index in [0.717, 1.165) is 5.69 Å². The van der Waals surface area contributed by atoms with Crippen molar-refractivity contribution in [3.8, 4) is 5.75 Å². The number of carbonyl (C=O) groups is 1. The van der Waals surface area contributed by atoms with Crippen LogP contribution in [0.5, 0.6) is 5.75 Å². The summed E-state index contributed by atoms with van der Waals surface area (Å²) in [5, 5.41) is 3.21. The van der Waals surface area contributed by atoms with Gasteiger partial charge in [-0.1, -0.05) is 0 Å². The molecule has 16 heavy (non-hydrogen) atoms. The number of carbonyl (C=O) groups excluding carboxylic acids is 1. The molecule has 0 saturated heterocycles. The fraction of sp³-hybridized carbons (Fsp3) is 0.417. The SMILES string of the molecule is COC(=O)c1ccc(OC)c(NC(C)C)c1. The summed E-state index contributed by atoms with van der Waals surface area (Å²) in [7, 11) is 2.96. The lowest BCUT2D eigenvalue weighted by Crippen LogP contribution is -2.12. The molecule has 1 N–H and O–H groups in total. The van der Waals surface area contributed by atoms with Crippen LogP contribution in [0.3, 0.4) is 0 Å². The molecule has 0 fully saturated rings. The Bertz CT molecular complexity index is 375. The summed E-state index contributed by atoms with van der Waals surface area (Å²) in [6.07, 6.45) is 0. The van der Waals surface area contributed by atoms with Crippen LogP contribution in [0.15, 0.2) is 18.2 Å². The average molecular weight is 223 g/mol. The van der Waals surface area contributed by atoms with E-state index in [1.54, 1.807) is 25.3 Å². The smallest absolute Gasteiger partial charge is 0.337 e. The molecular formula is C12H17NO3. The number of nitrogens with one attached hydrogen (secondary N) is 1. The highest BCUT2D eigenvalue weighted by Gasteiger charge is 2.10. The maximum atomic E-state index is 11.4. The molecule has 0 amide bonds. The molecular weight excluding hydrogens is 206 g/mol. The van der Waals surface area contributed by atoms with E-state index in [4.69, 9.17) is 4.74 Å². The van der Waals surface area contributed by atoms with Crippen LogP contribution in [-0.2, 0) is 4.74 Å². The van der Waals surface area contributed by atoms with E-state index < -0.39 is 0 Å². The highest BCUT2D eigenvalue weighted by Crippen LogP contribution is 2.26. The van der Waals surface area contributed by atoms with Crippen LogP contribution < -0.4 is 10.1 Å². The van der Waals surface area contributed by atoms with Gasteiger partial charge in [0.05, 0.1) is 25.5 Å². The van der Waals surface area contributed by atoms with E-state index in [1.165, 1.54) is 7.11 Å². The molecule has 1 rings (SSSR count). The summed E-state index contributed by atoms with van der Waals surface area (Å²) in [5.74, 6) is 0.357. The van der Waals surface area contributed by atoms with E-state index in [0.29, 0.717) is 11.3 Å². The van der Waals surface area contributed by atoms with Gasteiger partial charge in [0.2, 0.25) is 0 Å². The monoisotopic (exact) mass is 223 g/mol. The molecule has 0 heterocycles. The second kappa shape index (κ2) is 5.39. The highest BCUT2D eigenvalue weighted by atomic mass is 16.5. The number of esters is 1. The third kappa shape index (κ3) is 2.89. The predicted molar refractivity (Wildman–Crippen MR) is 63.1 cm³/mol. The van der Waals surface area contributed by atoms with Crippen LogP contribution in [0.1, 0.15) is 24.2 Å². The van der Waals surface area contributed by atoms with Crippen LogP contribution in [0.25, 0.3) is 0 Å². The minimum atomic E-state index is -0.352. The first-order valence-corrected chi connectivity index (χ1v) is 5.11. The minimum Gasteiger partial charge on any atom is -0.495 e. The number of benzene rings is 1. The van der Waals surface area contributed by atoms with Crippen LogP contribution in [0, 0.1) is 0 Å². The lowest BCUT2D eigenvalue weighted by atomic mass is 10.1. The number of hydrogen-bond acceptors (Lipinski definition) is 4. The van der Waals surface area contributed by atoms with Gasteiger partial charge in [0.25, 0.3) is 0 Å². The highest BCUT2D eigenvalue weighted by molar-refractivity contribution is 5.91. The first-order chi connectivity index (χ1) is 7.58. The van der Waals surface area contributed by atoms with Gasteiger partial charge in [-0.3, -0.25) is 0 Å². The van der Waals surface area contributed by atoms with E-state index >= 15 is 0 Å². The van der Waals surface area contributed by atoms with Crippen LogP contribution in [0.4, 0.5) is 5.69 Å². The maximum absolute atomic E-state index is 11.4. The number of hydrogen-bond donors (Lipinski definition) is 1. The van der Waals surface area contributed by atoms with E-state index in [9.17, 15) is 4.79 Å². The molecule has 0 atom stereocenters. The zero-order valence-electron chi connectivity index (χ0n) is 10.0. The predicted octanol–water partition coefficient (Wildman–Crippen LogP) is 2.30. The van der Waals surface area contributed by atoms with Crippen molar-refractivity contribution in [1.82, 2.24) is 0 Å². The van der Waals surface area contributed by atoms with Gasteiger partial charge in [-0.15, -0.1) is 0 Å². The number of ether oxygens (including phenoxy) is 2. The van der Waals surface area contributed by atoms with Crippen molar-refractivity contribution in [2.75, 3.05) is 19.5 Å². The maximum Gasteiger partial charge on any atom is 0.337 e. The van der Waals surface area contributed by atoms with E-state index in [-0.39, 0.29) is 12.0 Å². The standard InChI is InChI=1S/C12H17NO3/c1-8(2)13-10-7-9(12(14)16-4)5-6-11(10)15-3/h5-8,13H,1-4H3. The Morgan fingerprint density at radius 1 is 1.31 bits per heavy atom. The van der Waals surface area contributed by atoms with Crippen LogP contribution >= 0.6 is 0 Å². The zero-order valence-corrected chi connectivity index (χ0v) is 10.0. The Morgan fingerprint density at radius 2 is 2.00 bits per heavy atom. The van der Waals surface area contributed by atoms with E-state index in [1.807, 2.05) is 13.8 Å². The van der Waals surface area contributed by atoms with Gasteiger partial charge >= 0.3 is 5.97 Å². The van der Waals surface area contributed by atoms with Crippen molar-refractivity contribution < 1.29 is 14.3 Å². The van der Waals surface area contributed by atoms with Crippen molar-refractivity contribution in [2.45, 2.75) is 19.9 Å². The molecule has 0 unspecified atom stereocenters. The van der Waals surface area contributed by atoms with Crippen molar-refractivity contribution in [1.29, 1.82) is 0 Å². The van der Waals surface area contributed by atoms with Crippen molar-refractivity contribution in [3.05, 3.63) is 23.8 Å². The first-order valence-electron chi connectivity index (χ1n) is 5.11. The van der Waals surface area contributed by atoms with Gasteiger partial charge in [0, 0.05) is 6.04 Å². The normalized spacial score (nSPS) is 10.1. The van der Waals surface area contributed by atoms with Gasteiger partial charge in [-0.05, 0) is 32.0 Å². The molecule has 0 spiro atoms. The summed E-state index contributed by atoms with van der Waals surface area (Å²) >= 11 is 0. The Balaban J connectivity index is 3.05. The molecule has 0 bridgehead atoms. The summed E-state index contributed by atoms with van der Waals surface area (Å²) in [6, 6.07) is 5.42. The molecule has 4 nitrogen and oxygen atoms in total. The molecule has 1 aromatic carbocycles. The lowest BCUT2D eigenvalue weighted by molar-refractivity contribution is 0.0601. The molecule has 0 aliphatic carbocycles. The van der Waals surface area contributed by atoms with Crippen LogP contribution in [-0.4, -0.2) is 26.2 Å². The van der Waals surface area contributed by atoms with Gasteiger partial charge in [0.1, 0.15) is 5.75 Å². The first kappa shape index (κ1) is 12.4. The second-order valence-electron chi connectivity index (χ2n) is 3.71. The summed E-state index contributed by atoms with van der Waals surface area (Å²) in [4.78, 5) is 11.4. The fourth-order valence-corrected chi connectivity index (χ4v) is 1.38. The minimum absolute atomic E-state index is 0.266. The van der Waals surface area contributed by atoms with Crippen molar-refractivity contribution in [3.63, 3.8) is 0 Å². The third-order valence-electron chi connectivity index (χ3n) is 2.06. The Kier molecular flexibility index (Phi) is 4.17. The molecule has 0 aliphatic heterocycles. The van der Waals surface area contributed by atoms with Gasteiger partial charge in [-0.2, -0.15) is 0 Å². The molecule has 0 aromatic heterocycles. The lowest BCUT2D eigenvalue weighted by Gasteiger charge is -2.14. The number of rotatable bonds is 4. The van der Waals surface area contributed by atoms with Crippen molar-refractivity contribution >= 4 is 11.7 Å². The number of methoxy groups -OCH3 is 2. The summed E-state index contributed by atoms with van der Waals surface area (Å²) < 4.78 is 9.86. The zero-order chi connectivity index (χ0) is 12.1.